The molecule has 0 amide bonds. The molecule has 0 N–H and O–H groups in total. The first-order valence-corrected chi connectivity index (χ1v) is 3.33. The maximum atomic E-state index is 11.7. The Morgan fingerprint density at radius 2 is 1.50 bits per heavy atom. The lowest BCUT2D eigenvalue weighted by molar-refractivity contribution is -0.154. The van der Waals surface area contributed by atoms with Gasteiger partial charge in [-0.25, -0.2) is 0 Å². The van der Waals surface area contributed by atoms with Crippen molar-refractivity contribution in [3.63, 3.8) is 0 Å². The third-order valence-electron chi connectivity index (χ3n) is 1.64. The fourth-order valence-corrected chi connectivity index (χ4v) is 0.668. The highest BCUT2D eigenvalue weighted by atomic mass is 19.4. The maximum Gasteiger partial charge on any atom is 0.389 e. The molecule has 10 heavy (non-hydrogen) atoms. The van der Waals surface area contributed by atoms with Crippen molar-refractivity contribution in [2.75, 3.05) is 0 Å². The van der Waals surface area contributed by atoms with Gasteiger partial charge in [0.1, 0.15) is 0 Å². The molecule has 0 rings (SSSR count). The lowest BCUT2D eigenvalue weighted by atomic mass is 9.86. The quantitative estimate of drug-likeness (QED) is 0.572. The van der Waals surface area contributed by atoms with Crippen LogP contribution in [0.3, 0.4) is 0 Å². The molecule has 62 valence electrons. The van der Waals surface area contributed by atoms with E-state index in [0.717, 1.165) is 0 Å². The van der Waals surface area contributed by atoms with Gasteiger partial charge in [-0.3, -0.25) is 0 Å². The minimum absolute atomic E-state index is 0.562. The summed E-state index contributed by atoms with van der Waals surface area (Å²) in [5, 5.41) is 0. The molecule has 0 aliphatic heterocycles. The SMILES string of the molecule is CCC(C)(C)CC(F)(F)F. The fraction of sp³-hybridized carbons (Fsp3) is 1.00. The van der Waals surface area contributed by atoms with Gasteiger partial charge in [-0.1, -0.05) is 27.2 Å². The van der Waals surface area contributed by atoms with Gasteiger partial charge in [-0.15, -0.1) is 0 Å². The highest BCUT2D eigenvalue weighted by molar-refractivity contribution is 4.70. The van der Waals surface area contributed by atoms with Gasteiger partial charge in [0.05, 0.1) is 0 Å². The summed E-state index contributed by atoms with van der Waals surface area (Å²) in [6, 6.07) is 0. The average Bonchev–Trinajstić information content (AvgIpc) is 1.60. The Balaban J connectivity index is 3.89. The van der Waals surface area contributed by atoms with Crippen LogP contribution in [0.15, 0.2) is 0 Å². The molecular formula is C7H13F3. The molecule has 0 aliphatic carbocycles. The van der Waals surface area contributed by atoms with Crippen molar-refractivity contribution in [2.24, 2.45) is 5.41 Å². The van der Waals surface area contributed by atoms with Crippen LogP contribution in [0.4, 0.5) is 13.2 Å². The average molecular weight is 154 g/mol. The Labute approximate surface area is 59.4 Å². The first-order chi connectivity index (χ1) is 4.27. The van der Waals surface area contributed by atoms with Crippen molar-refractivity contribution in [3.05, 3.63) is 0 Å². The first kappa shape index (κ1) is 9.79. The normalized spacial score (nSPS) is 13.8. The van der Waals surface area contributed by atoms with E-state index in [0.29, 0.717) is 6.42 Å². The predicted octanol–water partition coefficient (Wildman–Crippen LogP) is 3.38. The molecule has 0 saturated carbocycles. The van der Waals surface area contributed by atoms with Gasteiger partial charge >= 0.3 is 6.18 Å². The molecule has 0 spiro atoms. The summed E-state index contributed by atoms with van der Waals surface area (Å²) in [6.45, 7) is 5.02. The molecule has 0 fully saturated rings. The van der Waals surface area contributed by atoms with Gasteiger partial charge in [0.15, 0.2) is 0 Å². The maximum absolute atomic E-state index is 11.7. The minimum Gasteiger partial charge on any atom is -0.171 e. The first-order valence-electron chi connectivity index (χ1n) is 3.33. The minimum atomic E-state index is -4.01. The predicted molar refractivity (Wildman–Crippen MR) is 34.7 cm³/mol. The molecule has 0 aliphatic rings. The van der Waals surface area contributed by atoms with Crippen LogP contribution in [0.5, 0.6) is 0 Å². The zero-order valence-electron chi connectivity index (χ0n) is 6.55. The van der Waals surface area contributed by atoms with Crippen LogP contribution in [-0.2, 0) is 0 Å². The Kier molecular flexibility index (Phi) is 2.75. The number of hydrogen-bond donors (Lipinski definition) is 0. The van der Waals surface area contributed by atoms with Crippen LogP contribution >= 0.6 is 0 Å². The van der Waals surface area contributed by atoms with Gasteiger partial charge in [-0.05, 0) is 5.41 Å². The third-order valence-corrected chi connectivity index (χ3v) is 1.64. The lowest BCUT2D eigenvalue weighted by Crippen LogP contribution is -2.21. The summed E-state index contributed by atoms with van der Waals surface area (Å²) >= 11 is 0. The van der Waals surface area contributed by atoms with Gasteiger partial charge in [0, 0.05) is 6.42 Å². The third kappa shape index (κ3) is 4.65. The second-order valence-corrected chi connectivity index (χ2v) is 3.31. The summed E-state index contributed by atoms with van der Waals surface area (Å²) in [5.41, 5.74) is -0.599. The molecule has 0 aromatic rings. The molecule has 0 radical (unpaired) electrons. The van der Waals surface area contributed by atoms with E-state index in [1.54, 1.807) is 20.8 Å². The van der Waals surface area contributed by atoms with Crippen LogP contribution < -0.4 is 0 Å². The van der Waals surface area contributed by atoms with Crippen molar-refractivity contribution in [2.45, 2.75) is 39.8 Å². The Morgan fingerprint density at radius 1 is 1.10 bits per heavy atom. The Morgan fingerprint density at radius 3 is 1.60 bits per heavy atom. The van der Waals surface area contributed by atoms with Crippen molar-refractivity contribution in [3.8, 4) is 0 Å². The zero-order valence-corrected chi connectivity index (χ0v) is 6.55. The van der Waals surface area contributed by atoms with Crippen molar-refractivity contribution in [1.29, 1.82) is 0 Å². The van der Waals surface area contributed by atoms with Crippen LogP contribution in [0.1, 0.15) is 33.6 Å². The number of alkyl halides is 3. The van der Waals surface area contributed by atoms with Crippen LogP contribution in [0.25, 0.3) is 0 Å². The smallest absolute Gasteiger partial charge is 0.171 e. The molecule has 0 heterocycles. The molecule has 0 bridgehead atoms. The summed E-state index contributed by atoms with van der Waals surface area (Å²) < 4.78 is 35.2. The lowest BCUT2D eigenvalue weighted by Gasteiger charge is -2.23. The van der Waals surface area contributed by atoms with Crippen LogP contribution in [0.2, 0.25) is 0 Å². The largest absolute Gasteiger partial charge is 0.389 e. The highest BCUT2D eigenvalue weighted by Crippen LogP contribution is 2.34. The van der Waals surface area contributed by atoms with Gasteiger partial charge in [0.25, 0.3) is 0 Å². The van der Waals surface area contributed by atoms with Gasteiger partial charge < -0.3 is 0 Å². The molecular weight excluding hydrogens is 141 g/mol. The summed E-state index contributed by atoms with van der Waals surface area (Å²) in [5.74, 6) is 0. The van der Waals surface area contributed by atoms with Crippen molar-refractivity contribution < 1.29 is 13.2 Å². The Hall–Kier alpha value is -0.210. The van der Waals surface area contributed by atoms with E-state index in [1.807, 2.05) is 0 Å². The van der Waals surface area contributed by atoms with Crippen LogP contribution in [0, 0.1) is 5.41 Å². The van der Waals surface area contributed by atoms with E-state index in [-0.39, 0.29) is 0 Å². The Bertz CT molecular complexity index is 102. The monoisotopic (exact) mass is 154 g/mol. The fourth-order valence-electron chi connectivity index (χ4n) is 0.668. The number of halogens is 3. The van der Waals surface area contributed by atoms with E-state index >= 15 is 0 Å². The van der Waals surface area contributed by atoms with E-state index in [1.165, 1.54) is 0 Å². The standard InChI is InChI=1S/C7H13F3/c1-4-6(2,3)5-7(8,9)10/h4-5H2,1-3H3. The van der Waals surface area contributed by atoms with Gasteiger partial charge in [0.2, 0.25) is 0 Å². The molecule has 3 heteroatoms. The van der Waals surface area contributed by atoms with Gasteiger partial charge in [-0.2, -0.15) is 13.2 Å². The number of hydrogen-bond acceptors (Lipinski definition) is 0. The summed E-state index contributed by atoms with van der Waals surface area (Å²) in [4.78, 5) is 0. The van der Waals surface area contributed by atoms with Crippen molar-refractivity contribution in [1.82, 2.24) is 0 Å². The van der Waals surface area contributed by atoms with Crippen LogP contribution in [-0.4, -0.2) is 6.18 Å². The second kappa shape index (κ2) is 2.81. The van der Waals surface area contributed by atoms with Crippen molar-refractivity contribution >= 4 is 0 Å². The second-order valence-electron chi connectivity index (χ2n) is 3.31. The number of rotatable bonds is 2. The van der Waals surface area contributed by atoms with E-state index in [2.05, 4.69) is 0 Å². The summed E-state index contributed by atoms with van der Waals surface area (Å²) in [6.07, 6.45) is -4.14. The van der Waals surface area contributed by atoms with E-state index < -0.39 is 18.0 Å². The molecule has 0 aromatic carbocycles. The summed E-state index contributed by atoms with van der Waals surface area (Å²) in [7, 11) is 0. The zero-order chi connectivity index (χ0) is 8.41. The molecule has 0 unspecified atom stereocenters. The molecule has 0 nitrogen and oxygen atoms in total. The highest BCUT2D eigenvalue weighted by Gasteiger charge is 2.35. The molecule has 0 saturated heterocycles. The molecule has 0 aromatic heterocycles. The van der Waals surface area contributed by atoms with E-state index in [9.17, 15) is 13.2 Å². The van der Waals surface area contributed by atoms with E-state index in [4.69, 9.17) is 0 Å². The molecule has 0 atom stereocenters. The topological polar surface area (TPSA) is 0 Å².